The molecule has 0 aromatic rings. The summed E-state index contributed by atoms with van der Waals surface area (Å²) in [5, 5.41) is 12.1. The van der Waals surface area contributed by atoms with E-state index in [0.717, 1.165) is 19.3 Å². The summed E-state index contributed by atoms with van der Waals surface area (Å²) in [4.78, 5) is 23.3. The number of carboxylic acids is 1. The van der Waals surface area contributed by atoms with E-state index in [1.54, 1.807) is 20.8 Å². The number of aliphatic carboxylic acids is 1. The van der Waals surface area contributed by atoms with Crippen molar-refractivity contribution < 1.29 is 14.7 Å². The zero-order valence-electron chi connectivity index (χ0n) is 11.8. The van der Waals surface area contributed by atoms with E-state index in [-0.39, 0.29) is 11.9 Å². The first-order valence-corrected chi connectivity index (χ1v) is 6.75. The van der Waals surface area contributed by atoms with Gasteiger partial charge in [0.25, 0.3) is 0 Å². The number of rotatable bonds is 3. The molecule has 0 radical (unpaired) electrons. The zero-order valence-corrected chi connectivity index (χ0v) is 11.8. The Morgan fingerprint density at radius 1 is 1.28 bits per heavy atom. The molecule has 104 valence electrons. The molecule has 18 heavy (non-hydrogen) atoms. The van der Waals surface area contributed by atoms with Crippen molar-refractivity contribution in [2.75, 3.05) is 0 Å². The minimum atomic E-state index is -1.04. The van der Waals surface area contributed by atoms with Crippen molar-refractivity contribution >= 4 is 11.9 Å². The van der Waals surface area contributed by atoms with Gasteiger partial charge in [0.2, 0.25) is 5.91 Å². The maximum absolute atomic E-state index is 12.1. The van der Waals surface area contributed by atoms with Gasteiger partial charge >= 0.3 is 5.97 Å². The molecule has 0 aromatic carbocycles. The van der Waals surface area contributed by atoms with Crippen LogP contribution < -0.4 is 5.32 Å². The molecule has 0 spiro atoms. The first-order chi connectivity index (χ1) is 8.21. The number of carbonyl (C=O) groups excluding carboxylic acids is 1. The van der Waals surface area contributed by atoms with Crippen LogP contribution in [-0.4, -0.2) is 23.0 Å². The van der Waals surface area contributed by atoms with Crippen LogP contribution in [0.15, 0.2) is 0 Å². The maximum Gasteiger partial charge on any atom is 0.316 e. The van der Waals surface area contributed by atoms with E-state index in [1.165, 1.54) is 6.42 Å². The van der Waals surface area contributed by atoms with Crippen molar-refractivity contribution in [1.29, 1.82) is 0 Å². The van der Waals surface area contributed by atoms with Gasteiger partial charge in [0, 0.05) is 6.04 Å². The van der Waals surface area contributed by atoms with Gasteiger partial charge in [0.15, 0.2) is 0 Å². The van der Waals surface area contributed by atoms with Crippen molar-refractivity contribution in [2.24, 2.45) is 17.3 Å². The molecular formula is C14H25NO3. The monoisotopic (exact) mass is 255 g/mol. The predicted molar refractivity (Wildman–Crippen MR) is 70.1 cm³/mol. The summed E-state index contributed by atoms with van der Waals surface area (Å²) in [6.45, 7) is 7.54. The number of hydrogen-bond donors (Lipinski definition) is 2. The van der Waals surface area contributed by atoms with E-state index in [1.807, 2.05) is 0 Å². The molecule has 4 heteroatoms. The summed E-state index contributed by atoms with van der Waals surface area (Å²) in [6, 6.07) is 0.144. The molecule has 0 bridgehead atoms. The van der Waals surface area contributed by atoms with Gasteiger partial charge in [-0.15, -0.1) is 0 Å². The first-order valence-electron chi connectivity index (χ1n) is 6.75. The Morgan fingerprint density at radius 2 is 1.89 bits per heavy atom. The fourth-order valence-corrected chi connectivity index (χ4v) is 2.73. The van der Waals surface area contributed by atoms with E-state index >= 15 is 0 Å². The Labute approximate surface area is 109 Å². The third kappa shape index (κ3) is 4.00. The molecule has 0 heterocycles. The first kappa shape index (κ1) is 15.0. The van der Waals surface area contributed by atoms with Crippen molar-refractivity contribution in [1.82, 2.24) is 5.32 Å². The van der Waals surface area contributed by atoms with Gasteiger partial charge in [-0.2, -0.15) is 0 Å². The summed E-state index contributed by atoms with van der Waals surface area (Å²) >= 11 is 0. The molecule has 3 unspecified atom stereocenters. The summed E-state index contributed by atoms with van der Waals surface area (Å²) in [7, 11) is 0. The summed E-state index contributed by atoms with van der Waals surface area (Å²) < 4.78 is 0. The lowest BCUT2D eigenvalue weighted by molar-refractivity contribution is -0.151. The number of amides is 1. The Kier molecular flexibility index (Phi) is 4.77. The molecule has 0 aromatic heterocycles. The molecule has 4 nitrogen and oxygen atoms in total. The van der Waals surface area contributed by atoms with Gasteiger partial charge in [0.05, 0.1) is 0 Å². The molecule has 1 aliphatic carbocycles. The third-order valence-corrected chi connectivity index (χ3v) is 3.66. The van der Waals surface area contributed by atoms with Crippen LogP contribution in [0.2, 0.25) is 0 Å². The smallest absolute Gasteiger partial charge is 0.316 e. The van der Waals surface area contributed by atoms with Crippen molar-refractivity contribution in [3.8, 4) is 0 Å². The minimum Gasteiger partial charge on any atom is -0.481 e. The summed E-state index contributed by atoms with van der Waals surface area (Å²) in [5.41, 5.74) is -0.559. The zero-order chi connectivity index (χ0) is 13.9. The fraction of sp³-hybridized carbons (Fsp3) is 0.857. The standard InChI is InChI=1S/C14H25NO3/c1-9-6-5-7-10(8-9)15-12(16)11(13(17)18)14(2,3)4/h9-11H,5-8H2,1-4H3,(H,15,16)(H,17,18). The van der Waals surface area contributed by atoms with Crippen molar-refractivity contribution in [3.05, 3.63) is 0 Å². The van der Waals surface area contributed by atoms with Gasteiger partial charge in [-0.25, -0.2) is 0 Å². The molecular weight excluding hydrogens is 230 g/mol. The van der Waals surface area contributed by atoms with Gasteiger partial charge in [-0.05, 0) is 24.2 Å². The lowest BCUT2D eigenvalue weighted by Crippen LogP contribution is -2.47. The largest absolute Gasteiger partial charge is 0.481 e. The second kappa shape index (κ2) is 5.72. The highest BCUT2D eigenvalue weighted by atomic mass is 16.4. The highest BCUT2D eigenvalue weighted by Gasteiger charge is 2.38. The van der Waals surface area contributed by atoms with Crippen LogP contribution in [0.25, 0.3) is 0 Å². The highest BCUT2D eigenvalue weighted by Crippen LogP contribution is 2.28. The molecule has 0 saturated heterocycles. The molecule has 1 saturated carbocycles. The van der Waals surface area contributed by atoms with Gasteiger partial charge in [-0.1, -0.05) is 40.5 Å². The SMILES string of the molecule is CC1CCCC(NC(=O)C(C(=O)O)C(C)(C)C)C1. The molecule has 1 aliphatic rings. The summed E-state index contributed by atoms with van der Waals surface area (Å²) in [6.07, 6.45) is 4.24. The van der Waals surface area contributed by atoms with E-state index in [4.69, 9.17) is 0 Å². The topological polar surface area (TPSA) is 66.4 Å². The quantitative estimate of drug-likeness (QED) is 0.761. The van der Waals surface area contributed by atoms with Crippen LogP contribution >= 0.6 is 0 Å². The van der Waals surface area contributed by atoms with E-state index < -0.39 is 17.3 Å². The normalized spacial score (nSPS) is 26.4. The Bertz CT molecular complexity index is 319. The third-order valence-electron chi connectivity index (χ3n) is 3.66. The Hall–Kier alpha value is -1.06. The average molecular weight is 255 g/mol. The second-order valence-electron chi connectivity index (χ2n) is 6.61. The maximum atomic E-state index is 12.1. The van der Waals surface area contributed by atoms with Crippen molar-refractivity contribution in [2.45, 2.75) is 59.4 Å². The molecule has 1 fully saturated rings. The molecule has 1 rings (SSSR count). The lowest BCUT2D eigenvalue weighted by atomic mass is 9.79. The second-order valence-corrected chi connectivity index (χ2v) is 6.61. The van der Waals surface area contributed by atoms with Gasteiger partial charge in [-0.3, -0.25) is 9.59 Å². The van der Waals surface area contributed by atoms with Gasteiger partial charge < -0.3 is 10.4 Å². The highest BCUT2D eigenvalue weighted by molar-refractivity contribution is 5.97. The molecule has 1 amide bonds. The van der Waals surface area contributed by atoms with Gasteiger partial charge in [0.1, 0.15) is 5.92 Å². The van der Waals surface area contributed by atoms with Crippen LogP contribution in [0.1, 0.15) is 53.4 Å². The van der Waals surface area contributed by atoms with Crippen LogP contribution in [0.3, 0.4) is 0 Å². The van der Waals surface area contributed by atoms with Crippen LogP contribution in [0.5, 0.6) is 0 Å². The fourth-order valence-electron chi connectivity index (χ4n) is 2.73. The van der Waals surface area contributed by atoms with E-state index in [0.29, 0.717) is 5.92 Å². The van der Waals surface area contributed by atoms with Crippen LogP contribution in [0, 0.1) is 17.3 Å². The predicted octanol–water partition coefficient (Wildman–Crippen LogP) is 2.43. The van der Waals surface area contributed by atoms with E-state index in [2.05, 4.69) is 12.2 Å². The number of carbonyl (C=O) groups is 2. The molecule has 2 N–H and O–H groups in total. The lowest BCUT2D eigenvalue weighted by Gasteiger charge is -2.31. The molecule has 0 aliphatic heterocycles. The average Bonchev–Trinajstić information content (AvgIpc) is 2.13. The Balaban J connectivity index is 2.65. The van der Waals surface area contributed by atoms with Crippen molar-refractivity contribution in [3.63, 3.8) is 0 Å². The van der Waals surface area contributed by atoms with Crippen LogP contribution in [-0.2, 0) is 9.59 Å². The Morgan fingerprint density at radius 3 is 2.33 bits per heavy atom. The number of nitrogens with one attached hydrogen (secondary N) is 1. The molecule has 3 atom stereocenters. The number of hydrogen-bond acceptors (Lipinski definition) is 2. The summed E-state index contributed by atoms with van der Waals surface area (Å²) in [5.74, 6) is -1.74. The van der Waals surface area contributed by atoms with Crippen LogP contribution in [0.4, 0.5) is 0 Å². The number of carboxylic acid groups (broad SMARTS) is 1. The van der Waals surface area contributed by atoms with E-state index in [9.17, 15) is 14.7 Å². The minimum absolute atomic E-state index is 0.144.